The highest BCUT2D eigenvalue weighted by Crippen LogP contribution is 2.24. The third-order valence-corrected chi connectivity index (χ3v) is 5.06. The van der Waals surface area contributed by atoms with Crippen LogP contribution in [-0.2, 0) is 0 Å². The molecule has 0 spiro atoms. The smallest absolute Gasteiger partial charge is 0.321 e. The maximum Gasteiger partial charge on any atom is 0.321 e. The number of rotatable bonds is 3. The summed E-state index contributed by atoms with van der Waals surface area (Å²) in [6.07, 6.45) is 3.32. The maximum atomic E-state index is 12.4. The minimum absolute atomic E-state index is 0.0997. The number of benzene rings is 1. The van der Waals surface area contributed by atoms with Gasteiger partial charge in [0.25, 0.3) is 0 Å². The second kappa shape index (κ2) is 7.10. The number of carbonyl (C=O) groups excluding carboxylic acids is 1. The summed E-state index contributed by atoms with van der Waals surface area (Å²) < 4.78 is 0. The van der Waals surface area contributed by atoms with Gasteiger partial charge in [0.1, 0.15) is 5.01 Å². The number of hydrogen-bond donors (Lipinski definition) is 2. The highest BCUT2D eigenvalue weighted by atomic mass is 32.1. The van der Waals surface area contributed by atoms with Crippen molar-refractivity contribution < 1.29 is 9.90 Å². The molecule has 122 valence electrons. The summed E-state index contributed by atoms with van der Waals surface area (Å²) in [5.41, 5.74) is 1.82. The van der Waals surface area contributed by atoms with Crippen molar-refractivity contribution >= 4 is 23.1 Å². The van der Waals surface area contributed by atoms with Crippen LogP contribution in [0.5, 0.6) is 0 Å². The van der Waals surface area contributed by atoms with Crippen molar-refractivity contribution in [3.05, 3.63) is 35.8 Å². The fourth-order valence-electron chi connectivity index (χ4n) is 2.85. The summed E-state index contributed by atoms with van der Waals surface area (Å²) in [7, 11) is 0. The van der Waals surface area contributed by atoms with Gasteiger partial charge in [-0.15, -0.1) is 11.3 Å². The van der Waals surface area contributed by atoms with Gasteiger partial charge in [0, 0.05) is 41.8 Å². The number of likely N-dealkylation sites (tertiary alicyclic amines) is 1. The number of aliphatic hydroxyl groups is 1. The topological polar surface area (TPSA) is 65.5 Å². The fraction of sp³-hybridized carbons (Fsp3) is 0.412. The van der Waals surface area contributed by atoms with Gasteiger partial charge < -0.3 is 15.3 Å². The van der Waals surface area contributed by atoms with Crippen molar-refractivity contribution in [2.75, 3.05) is 18.4 Å². The SMILES string of the molecule is CC(O)C1CCCN(C(=O)Nc2ccc(-c3nccs3)cc2)C1. The van der Waals surface area contributed by atoms with Crippen LogP contribution in [0.25, 0.3) is 10.6 Å². The predicted molar refractivity (Wildman–Crippen MR) is 92.5 cm³/mol. The molecule has 0 bridgehead atoms. The van der Waals surface area contributed by atoms with Crippen LogP contribution in [-0.4, -0.2) is 40.2 Å². The minimum atomic E-state index is -0.372. The molecular weight excluding hydrogens is 310 g/mol. The Morgan fingerprint density at radius 1 is 1.43 bits per heavy atom. The Bertz CT molecular complexity index is 640. The van der Waals surface area contributed by atoms with E-state index in [-0.39, 0.29) is 18.1 Å². The molecule has 6 heteroatoms. The van der Waals surface area contributed by atoms with E-state index in [1.54, 1.807) is 29.4 Å². The third kappa shape index (κ3) is 3.89. The molecule has 1 saturated heterocycles. The first-order valence-corrected chi connectivity index (χ1v) is 8.75. The summed E-state index contributed by atoms with van der Waals surface area (Å²) >= 11 is 1.59. The average Bonchev–Trinajstić information content (AvgIpc) is 3.10. The van der Waals surface area contributed by atoms with Crippen LogP contribution in [0, 0.1) is 5.92 Å². The maximum absolute atomic E-state index is 12.4. The molecule has 5 nitrogen and oxygen atoms in total. The van der Waals surface area contributed by atoms with Crippen molar-refractivity contribution in [1.29, 1.82) is 0 Å². The Morgan fingerprint density at radius 3 is 2.87 bits per heavy atom. The molecule has 0 radical (unpaired) electrons. The number of anilines is 1. The van der Waals surface area contributed by atoms with Crippen molar-refractivity contribution in [2.24, 2.45) is 5.92 Å². The standard InChI is InChI=1S/C17H21N3O2S/c1-12(21)14-3-2-9-20(11-14)17(22)19-15-6-4-13(5-7-15)16-18-8-10-23-16/h4-8,10,12,14,21H,2-3,9,11H2,1H3,(H,19,22). The number of piperidine rings is 1. The molecule has 2 amide bonds. The van der Waals surface area contributed by atoms with Crippen LogP contribution in [0.15, 0.2) is 35.8 Å². The Kier molecular flexibility index (Phi) is 4.93. The molecule has 0 aliphatic carbocycles. The second-order valence-corrected chi connectivity index (χ2v) is 6.83. The number of nitrogens with one attached hydrogen (secondary N) is 1. The van der Waals surface area contributed by atoms with Gasteiger partial charge in [0.05, 0.1) is 6.10 Å². The molecule has 1 fully saturated rings. The number of aliphatic hydroxyl groups excluding tert-OH is 1. The largest absolute Gasteiger partial charge is 0.393 e. The molecule has 0 saturated carbocycles. The number of amides is 2. The highest BCUT2D eigenvalue weighted by Gasteiger charge is 2.26. The van der Waals surface area contributed by atoms with Crippen LogP contribution in [0.1, 0.15) is 19.8 Å². The molecule has 1 aromatic heterocycles. The lowest BCUT2D eigenvalue weighted by Gasteiger charge is -2.34. The van der Waals surface area contributed by atoms with E-state index in [1.165, 1.54) is 0 Å². The zero-order valence-corrected chi connectivity index (χ0v) is 13.9. The van der Waals surface area contributed by atoms with Gasteiger partial charge in [-0.1, -0.05) is 0 Å². The molecule has 1 aliphatic heterocycles. The molecule has 3 rings (SSSR count). The molecule has 23 heavy (non-hydrogen) atoms. The molecule has 2 N–H and O–H groups in total. The zero-order chi connectivity index (χ0) is 16.2. The van der Waals surface area contributed by atoms with Crippen molar-refractivity contribution in [1.82, 2.24) is 9.88 Å². The molecule has 2 atom stereocenters. The summed E-state index contributed by atoms with van der Waals surface area (Å²) in [6, 6.07) is 7.61. The summed E-state index contributed by atoms with van der Waals surface area (Å²) in [4.78, 5) is 18.4. The first kappa shape index (κ1) is 16.0. The molecule has 1 aliphatic rings. The predicted octanol–water partition coefficient (Wildman–Crippen LogP) is 3.43. The monoisotopic (exact) mass is 331 g/mol. The molecule has 2 unspecified atom stereocenters. The lowest BCUT2D eigenvalue weighted by molar-refractivity contribution is 0.0766. The van der Waals surface area contributed by atoms with Crippen LogP contribution in [0.4, 0.5) is 10.5 Å². The van der Waals surface area contributed by atoms with Crippen molar-refractivity contribution in [2.45, 2.75) is 25.9 Å². The van der Waals surface area contributed by atoms with Gasteiger partial charge in [-0.3, -0.25) is 0 Å². The number of urea groups is 1. The van der Waals surface area contributed by atoms with E-state index in [9.17, 15) is 9.90 Å². The van der Waals surface area contributed by atoms with E-state index in [1.807, 2.05) is 29.6 Å². The average molecular weight is 331 g/mol. The van der Waals surface area contributed by atoms with Crippen molar-refractivity contribution in [3.63, 3.8) is 0 Å². The van der Waals surface area contributed by atoms with E-state index in [0.29, 0.717) is 6.54 Å². The third-order valence-electron chi connectivity index (χ3n) is 4.24. The van der Waals surface area contributed by atoms with Gasteiger partial charge in [-0.2, -0.15) is 0 Å². The number of carbonyl (C=O) groups is 1. The normalized spacial score (nSPS) is 19.4. The molecular formula is C17H21N3O2S. The number of hydrogen-bond acceptors (Lipinski definition) is 4. The van der Waals surface area contributed by atoms with Crippen LogP contribution in [0.2, 0.25) is 0 Å². The first-order valence-electron chi connectivity index (χ1n) is 7.87. The highest BCUT2D eigenvalue weighted by molar-refractivity contribution is 7.13. The van der Waals surface area contributed by atoms with E-state index in [2.05, 4.69) is 10.3 Å². The Hall–Kier alpha value is -1.92. The van der Waals surface area contributed by atoms with Gasteiger partial charge in [-0.05, 0) is 44.0 Å². The van der Waals surface area contributed by atoms with Gasteiger partial charge in [0.15, 0.2) is 0 Å². The Labute approximate surface area is 140 Å². The fourth-order valence-corrected chi connectivity index (χ4v) is 3.50. The number of thiazole rings is 1. The lowest BCUT2D eigenvalue weighted by atomic mass is 9.94. The van der Waals surface area contributed by atoms with E-state index in [0.717, 1.165) is 35.6 Å². The van der Waals surface area contributed by atoms with Crippen LogP contribution < -0.4 is 5.32 Å². The quantitative estimate of drug-likeness (QED) is 0.905. The van der Waals surface area contributed by atoms with E-state index < -0.39 is 0 Å². The molecule has 2 aromatic rings. The van der Waals surface area contributed by atoms with E-state index >= 15 is 0 Å². The second-order valence-electron chi connectivity index (χ2n) is 5.93. The Balaban J connectivity index is 1.61. The van der Waals surface area contributed by atoms with Gasteiger partial charge in [-0.25, -0.2) is 9.78 Å². The zero-order valence-electron chi connectivity index (χ0n) is 13.1. The van der Waals surface area contributed by atoms with Crippen LogP contribution >= 0.6 is 11.3 Å². The lowest BCUT2D eigenvalue weighted by Crippen LogP contribution is -2.44. The molecule has 2 heterocycles. The molecule has 1 aromatic carbocycles. The van der Waals surface area contributed by atoms with Crippen LogP contribution in [0.3, 0.4) is 0 Å². The number of aromatic nitrogens is 1. The van der Waals surface area contributed by atoms with Gasteiger partial charge >= 0.3 is 6.03 Å². The summed E-state index contributed by atoms with van der Waals surface area (Å²) in [5, 5.41) is 15.6. The van der Waals surface area contributed by atoms with E-state index in [4.69, 9.17) is 0 Å². The first-order chi connectivity index (χ1) is 11.1. The Morgan fingerprint density at radius 2 is 2.22 bits per heavy atom. The number of nitrogens with zero attached hydrogens (tertiary/aromatic N) is 2. The minimum Gasteiger partial charge on any atom is -0.393 e. The summed E-state index contributed by atoms with van der Waals surface area (Å²) in [6.45, 7) is 3.15. The van der Waals surface area contributed by atoms with Gasteiger partial charge in [0.2, 0.25) is 0 Å². The van der Waals surface area contributed by atoms with Crippen molar-refractivity contribution in [3.8, 4) is 10.6 Å². The summed E-state index contributed by atoms with van der Waals surface area (Å²) in [5.74, 6) is 0.168.